The second kappa shape index (κ2) is 7.74. The molecule has 0 unspecified atom stereocenters. The van der Waals surface area contributed by atoms with Gasteiger partial charge in [0, 0.05) is 19.0 Å². The molecule has 2 heterocycles. The minimum atomic E-state index is -0.137. The summed E-state index contributed by atoms with van der Waals surface area (Å²) in [5.41, 5.74) is 1.65. The molecule has 6 heteroatoms. The third-order valence-electron chi connectivity index (χ3n) is 2.69. The Bertz CT molecular complexity index is 572. The van der Waals surface area contributed by atoms with Crippen LogP contribution in [-0.2, 0) is 11.2 Å². The monoisotopic (exact) mass is 329 g/mol. The van der Waals surface area contributed by atoms with Gasteiger partial charge in [-0.25, -0.2) is 0 Å². The predicted molar refractivity (Wildman–Crippen MR) is 82.0 cm³/mol. The lowest BCUT2D eigenvalue weighted by Crippen LogP contribution is -2.09. The summed E-state index contributed by atoms with van der Waals surface area (Å²) in [5.74, 6) is -0.137. The Morgan fingerprint density at radius 3 is 2.70 bits per heavy atom. The fraction of sp³-hybridized carbons (Fsp3) is 0.286. The summed E-state index contributed by atoms with van der Waals surface area (Å²) in [6, 6.07) is 5.52. The maximum absolute atomic E-state index is 11.8. The zero-order valence-corrected chi connectivity index (χ0v) is 13.0. The highest BCUT2D eigenvalue weighted by molar-refractivity contribution is 7.20. The molecule has 2 aromatic rings. The highest BCUT2D eigenvalue weighted by Crippen LogP contribution is 2.31. The van der Waals surface area contributed by atoms with Gasteiger partial charge in [0.1, 0.15) is 10.9 Å². The molecule has 0 aliphatic carbocycles. The minimum Gasteiger partial charge on any atom is -0.373 e. The van der Waals surface area contributed by atoms with E-state index < -0.39 is 0 Å². The number of ether oxygens (including phenoxy) is 1. The lowest BCUT2D eigenvalue weighted by molar-refractivity contribution is 0.0756. The van der Waals surface area contributed by atoms with Crippen LogP contribution in [0.25, 0.3) is 0 Å². The Balaban J connectivity index is 1.68. The van der Waals surface area contributed by atoms with Gasteiger partial charge in [-0.2, -0.15) is 0 Å². The second-order valence-electron chi connectivity index (χ2n) is 4.17. The van der Waals surface area contributed by atoms with Crippen LogP contribution in [0.3, 0.4) is 0 Å². The van der Waals surface area contributed by atoms with Crippen LogP contribution in [0, 0.1) is 0 Å². The number of pyridine rings is 1. The van der Waals surface area contributed by atoms with Crippen LogP contribution in [0.4, 0.5) is 0 Å². The van der Waals surface area contributed by atoms with Crippen LogP contribution in [0.1, 0.15) is 22.3 Å². The molecular formula is C14H13Cl2NO2S. The average molecular weight is 330 g/mol. The number of hydrogen-bond donors (Lipinski definition) is 0. The maximum Gasteiger partial charge on any atom is 0.190 e. The maximum atomic E-state index is 11.8. The van der Waals surface area contributed by atoms with E-state index in [2.05, 4.69) is 4.98 Å². The Labute approximate surface area is 131 Å². The lowest BCUT2D eigenvalue weighted by atomic mass is 10.1. The van der Waals surface area contributed by atoms with Crippen LogP contribution < -0.4 is 0 Å². The van der Waals surface area contributed by atoms with Crippen molar-refractivity contribution in [3.05, 3.63) is 50.4 Å². The van der Waals surface area contributed by atoms with E-state index in [9.17, 15) is 4.79 Å². The number of carbonyl (C=O) groups is 1. The summed E-state index contributed by atoms with van der Waals surface area (Å²) >= 11 is 12.9. The highest BCUT2D eigenvalue weighted by atomic mass is 35.5. The van der Waals surface area contributed by atoms with Gasteiger partial charge >= 0.3 is 0 Å². The van der Waals surface area contributed by atoms with Crippen LogP contribution in [0.5, 0.6) is 0 Å². The van der Waals surface area contributed by atoms with Gasteiger partial charge in [-0.3, -0.25) is 9.78 Å². The number of rotatable bonds is 7. The van der Waals surface area contributed by atoms with Gasteiger partial charge in [0.25, 0.3) is 0 Å². The third-order valence-corrected chi connectivity index (χ3v) is 4.18. The molecule has 0 aromatic carbocycles. The second-order valence-corrected chi connectivity index (χ2v) is 6.46. The van der Waals surface area contributed by atoms with Crippen LogP contribution in [0.15, 0.2) is 30.6 Å². The van der Waals surface area contributed by atoms with E-state index in [1.807, 2.05) is 12.1 Å². The summed E-state index contributed by atoms with van der Waals surface area (Å²) in [7, 11) is 0. The molecule has 0 radical (unpaired) electrons. The summed E-state index contributed by atoms with van der Waals surface area (Å²) in [5, 5.41) is 0. The van der Waals surface area contributed by atoms with Gasteiger partial charge in [0.05, 0.1) is 9.90 Å². The molecule has 106 valence electrons. The van der Waals surface area contributed by atoms with Crippen LogP contribution in [0.2, 0.25) is 8.67 Å². The number of aromatic nitrogens is 1. The first-order valence-corrected chi connectivity index (χ1v) is 7.68. The molecule has 20 heavy (non-hydrogen) atoms. The van der Waals surface area contributed by atoms with Crippen molar-refractivity contribution in [2.24, 2.45) is 0 Å². The number of Topliss-reactive ketones (excluding diaryl/α,β-unsaturated/α-hetero) is 1. The topological polar surface area (TPSA) is 39.2 Å². The molecule has 0 amide bonds. The van der Waals surface area contributed by atoms with E-state index in [1.54, 1.807) is 18.5 Å². The summed E-state index contributed by atoms with van der Waals surface area (Å²) in [4.78, 5) is 15.8. The molecule has 0 N–H and O–H groups in total. The number of carbonyl (C=O) groups excluding carboxylic acids is 1. The average Bonchev–Trinajstić information content (AvgIpc) is 2.78. The van der Waals surface area contributed by atoms with Crippen molar-refractivity contribution < 1.29 is 9.53 Å². The molecular weight excluding hydrogens is 317 g/mol. The fourth-order valence-electron chi connectivity index (χ4n) is 1.70. The first-order valence-electron chi connectivity index (χ1n) is 6.11. The largest absolute Gasteiger partial charge is 0.373 e. The number of ketones is 1. The Kier molecular flexibility index (Phi) is 5.98. The van der Waals surface area contributed by atoms with Crippen molar-refractivity contribution in [1.82, 2.24) is 4.98 Å². The zero-order valence-electron chi connectivity index (χ0n) is 10.6. The number of halogens is 2. The quantitative estimate of drug-likeness (QED) is 0.562. The molecule has 3 nitrogen and oxygen atoms in total. The molecule has 0 fully saturated rings. The Morgan fingerprint density at radius 1 is 1.30 bits per heavy atom. The first kappa shape index (κ1) is 15.4. The lowest BCUT2D eigenvalue weighted by Gasteiger charge is -2.03. The molecule has 0 aliphatic rings. The van der Waals surface area contributed by atoms with Gasteiger partial charge in [-0.15, -0.1) is 11.3 Å². The number of hydrogen-bond acceptors (Lipinski definition) is 4. The predicted octanol–water partition coefficient (Wildman–Crippen LogP) is 4.28. The van der Waals surface area contributed by atoms with E-state index in [4.69, 9.17) is 27.9 Å². The Hall–Kier alpha value is -0.940. The van der Waals surface area contributed by atoms with Gasteiger partial charge < -0.3 is 4.74 Å². The van der Waals surface area contributed by atoms with Crippen molar-refractivity contribution in [2.45, 2.75) is 12.8 Å². The van der Waals surface area contributed by atoms with Crippen LogP contribution in [-0.4, -0.2) is 24.0 Å². The SMILES string of the molecule is O=C(COCCCc1ccncc1)c1cc(Cl)sc1Cl. The standard InChI is InChI=1S/C14H13Cl2NO2S/c15-13-8-11(14(16)20-13)12(18)9-19-7-1-2-10-3-5-17-6-4-10/h3-6,8H,1-2,7,9H2. The molecule has 0 bridgehead atoms. The zero-order chi connectivity index (χ0) is 14.4. The van der Waals surface area contributed by atoms with E-state index in [-0.39, 0.29) is 12.4 Å². The van der Waals surface area contributed by atoms with Crippen molar-refractivity contribution >= 4 is 40.3 Å². The smallest absolute Gasteiger partial charge is 0.190 e. The number of nitrogens with zero attached hydrogens (tertiary/aromatic N) is 1. The first-order chi connectivity index (χ1) is 9.66. The van der Waals surface area contributed by atoms with E-state index in [0.717, 1.165) is 12.8 Å². The number of aryl methyl sites for hydroxylation is 1. The normalized spacial score (nSPS) is 10.7. The van der Waals surface area contributed by atoms with Gasteiger partial charge in [0.2, 0.25) is 0 Å². The van der Waals surface area contributed by atoms with Crippen molar-refractivity contribution in [3.8, 4) is 0 Å². The molecule has 0 atom stereocenters. The minimum absolute atomic E-state index is 0.0309. The summed E-state index contributed by atoms with van der Waals surface area (Å²) in [6.45, 7) is 0.562. The summed E-state index contributed by atoms with van der Waals surface area (Å²) in [6.07, 6.45) is 5.29. The van der Waals surface area contributed by atoms with Crippen LogP contribution >= 0.6 is 34.5 Å². The molecule has 2 aromatic heterocycles. The van der Waals surface area contributed by atoms with Crippen molar-refractivity contribution in [3.63, 3.8) is 0 Å². The van der Waals surface area contributed by atoms with Gasteiger partial charge in [-0.1, -0.05) is 23.2 Å². The molecule has 0 aliphatic heterocycles. The van der Waals surface area contributed by atoms with Crippen molar-refractivity contribution in [1.29, 1.82) is 0 Å². The third kappa shape index (κ3) is 4.56. The molecule has 2 rings (SSSR count). The van der Waals surface area contributed by atoms with Gasteiger partial charge in [0.15, 0.2) is 5.78 Å². The Morgan fingerprint density at radius 2 is 2.05 bits per heavy atom. The fourth-order valence-corrected chi connectivity index (χ4v) is 3.20. The molecule has 0 spiro atoms. The number of thiophene rings is 1. The summed E-state index contributed by atoms with van der Waals surface area (Å²) < 4.78 is 6.30. The molecule has 0 saturated heterocycles. The van der Waals surface area contributed by atoms with Crippen molar-refractivity contribution in [2.75, 3.05) is 13.2 Å². The highest BCUT2D eigenvalue weighted by Gasteiger charge is 2.14. The van der Waals surface area contributed by atoms with E-state index in [0.29, 0.717) is 20.8 Å². The van der Waals surface area contributed by atoms with E-state index >= 15 is 0 Å². The van der Waals surface area contributed by atoms with Gasteiger partial charge in [-0.05, 0) is 36.6 Å². The van der Waals surface area contributed by atoms with E-state index in [1.165, 1.54) is 16.9 Å². The molecule has 0 saturated carbocycles.